The lowest BCUT2D eigenvalue weighted by atomic mass is 10.3. The van der Waals surface area contributed by atoms with E-state index in [9.17, 15) is 8.42 Å². The highest BCUT2D eigenvalue weighted by molar-refractivity contribution is 7.89. The van der Waals surface area contributed by atoms with Crippen molar-refractivity contribution < 1.29 is 8.42 Å². The van der Waals surface area contributed by atoms with Gasteiger partial charge in [-0.05, 0) is 13.3 Å². The molecule has 0 aromatic carbocycles. The van der Waals surface area contributed by atoms with Crippen LogP contribution in [0.5, 0.6) is 0 Å². The van der Waals surface area contributed by atoms with Crippen LogP contribution in [0.1, 0.15) is 39.7 Å². The molecule has 0 aliphatic carbocycles. The molecular formula is C11H22N4O2S. The van der Waals surface area contributed by atoms with E-state index in [1.54, 1.807) is 6.20 Å². The minimum atomic E-state index is -3.51. The van der Waals surface area contributed by atoms with E-state index in [2.05, 4.69) is 20.2 Å². The average Bonchev–Trinajstić information content (AvgIpc) is 2.74. The van der Waals surface area contributed by atoms with Crippen LogP contribution in [-0.4, -0.2) is 30.7 Å². The molecule has 104 valence electrons. The third-order valence-corrected chi connectivity index (χ3v) is 4.22. The Hall–Kier alpha value is -0.920. The SMILES string of the molecule is CCC(C)NS(=O)(=O)c1[nH]ncc1CNC(C)C. The number of hydrogen-bond donors (Lipinski definition) is 3. The molecule has 1 aromatic rings. The zero-order valence-electron chi connectivity index (χ0n) is 11.3. The second-order valence-electron chi connectivity index (χ2n) is 4.69. The predicted molar refractivity (Wildman–Crippen MR) is 70.6 cm³/mol. The second kappa shape index (κ2) is 6.31. The van der Waals surface area contributed by atoms with E-state index in [1.807, 2.05) is 27.7 Å². The normalized spacial score (nSPS) is 14.1. The first-order chi connectivity index (χ1) is 8.36. The first kappa shape index (κ1) is 15.1. The Morgan fingerprint density at radius 1 is 1.39 bits per heavy atom. The molecule has 7 heteroatoms. The molecule has 0 fully saturated rings. The summed E-state index contributed by atoms with van der Waals surface area (Å²) in [7, 11) is -3.51. The molecule has 0 amide bonds. The van der Waals surface area contributed by atoms with Crippen molar-refractivity contribution in [3.05, 3.63) is 11.8 Å². The molecule has 0 saturated carbocycles. The lowest BCUT2D eigenvalue weighted by molar-refractivity contribution is 0.546. The molecule has 18 heavy (non-hydrogen) atoms. The van der Waals surface area contributed by atoms with Crippen LogP contribution < -0.4 is 10.0 Å². The summed E-state index contributed by atoms with van der Waals surface area (Å²) in [5, 5.41) is 9.70. The van der Waals surface area contributed by atoms with Crippen LogP contribution >= 0.6 is 0 Å². The smallest absolute Gasteiger partial charge is 0.258 e. The highest BCUT2D eigenvalue weighted by Gasteiger charge is 2.22. The molecule has 1 rings (SSSR count). The van der Waals surface area contributed by atoms with Gasteiger partial charge >= 0.3 is 0 Å². The van der Waals surface area contributed by atoms with Gasteiger partial charge in [0, 0.05) is 24.2 Å². The third-order valence-electron chi connectivity index (χ3n) is 2.62. The van der Waals surface area contributed by atoms with E-state index in [1.165, 1.54) is 0 Å². The Labute approximate surface area is 109 Å². The molecule has 0 aliphatic heterocycles. The fraction of sp³-hybridized carbons (Fsp3) is 0.727. The summed E-state index contributed by atoms with van der Waals surface area (Å²) in [6.45, 7) is 8.25. The molecule has 0 saturated heterocycles. The van der Waals surface area contributed by atoms with Crippen molar-refractivity contribution in [3.63, 3.8) is 0 Å². The summed E-state index contributed by atoms with van der Waals surface area (Å²) in [5.74, 6) is 0. The van der Waals surface area contributed by atoms with Crippen molar-refractivity contribution in [1.29, 1.82) is 0 Å². The molecule has 1 heterocycles. The van der Waals surface area contributed by atoms with Gasteiger partial charge in [0.1, 0.15) is 0 Å². The summed E-state index contributed by atoms with van der Waals surface area (Å²) in [6, 6.07) is 0.196. The molecule has 3 N–H and O–H groups in total. The van der Waals surface area contributed by atoms with Crippen LogP contribution in [0.2, 0.25) is 0 Å². The number of hydrogen-bond acceptors (Lipinski definition) is 4. The van der Waals surface area contributed by atoms with Crippen LogP contribution in [0, 0.1) is 0 Å². The van der Waals surface area contributed by atoms with E-state index in [0.717, 1.165) is 6.42 Å². The van der Waals surface area contributed by atoms with Gasteiger partial charge in [0.05, 0.1) is 6.20 Å². The highest BCUT2D eigenvalue weighted by Crippen LogP contribution is 2.12. The van der Waals surface area contributed by atoms with Gasteiger partial charge in [0.15, 0.2) is 5.03 Å². The maximum absolute atomic E-state index is 12.1. The van der Waals surface area contributed by atoms with E-state index >= 15 is 0 Å². The monoisotopic (exact) mass is 274 g/mol. The van der Waals surface area contributed by atoms with Gasteiger partial charge in [-0.15, -0.1) is 0 Å². The van der Waals surface area contributed by atoms with Gasteiger partial charge in [-0.3, -0.25) is 5.10 Å². The van der Waals surface area contributed by atoms with Crippen LogP contribution in [0.25, 0.3) is 0 Å². The van der Waals surface area contributed by atoms with Crippen molar-refractivity contribution in [2.75, 3.05) is 0 Å². The van der Waals surface area contributed by atoms with Crippen LogP contribution in [0.15, 0.2) is 11.2 Å². The van der Waals surface area contributed by atoms with Crippen LogP contribution in [0.3, 0.4) is 0 Å². The Kier molecular flexibility index (Phi) is 5.30. The zero-order valence-corrected chi connectivity index (χ0v) is 12.1. The molecule has 1 aromatic heterocycles. The number of aromatic nitrogens is 2. The van der Waals surface area contributed by atoms with Gasteiger partial charge < -0.3 is 5.32 Å². The van der Waals surface area contributed by atoms with Crippen molar-refractivity contribution >= 4 is 10.0 Å². The van der Waals surface area contributed by atoms with E-state index in [0.29, 0.717) is 12.1 Å². The van der Waals surface area contributed by atoms with E-state index < -0.39 is 10.0 Å². The van der Waals surface area contributed by atoms with Crippen molar-refractivity contribution in [2.45, 2.75) is 57.8 Å². The molecule has 0 aliphatic rings. The first-order valence-corrected chi connectivity index (χ1v) is 7.63. The third kappa shape index (κ3) is 4.08. The summed E-state index contributed by atoms with van der Waals surface area (Å²) in [6.07, 6.45) is 2.29. The molecule has 0 radical (unpaired) electrons. The number of sulfonamides is 1. The predicted octanol–water partition coefficient (Wildman–Crippen LogP) is 0.984. The molecule has 6 nitrogen and oxygen atoms in total. The molecule has 0 spiro atoms. The van der Waals surface area contributed by atoms with Crippen molar-refractivity contribution in [3.8, 4) is 0 Å². The lowest BCUT2D eigenvalue weighted by Gasteiger charge is -2.12. The van der Waals surface area contributed by atoms with Crippen LogP contribution in [0.4, 0.5) is 0 Å². The Balaban J connectivity index is 2.85. The van der Waals surface area contributed by atoms with Gasteiger partial charge in [-0.2, -0.15) is 5.10 Å². The van der Waals surface area contributed by atoms with Gasteiger partial charge in [0.25, 0.3) is 10.0 Å². The fourth-order valence-electron chi connectivity index (χ4n) is 1.38. The quantitative estimate of drug-likeness (QED) is 0.692. The zero-order chi connectivity index (χ0) is 13.8. The largest absolute Gasteiger partial charge is 0.310 e. The number of rotatable bonds is 7. The first-order valence-electron chi connectivity index (χ1n) is 6.14. The fourth-order valence-corrected chi connectivity index (χ4v) is 2.84. The second-order valence-corrected chi connectivity index (χ2v) is 6.34. The standard InChI is InChI=1S/C11H22N4O2S/c1-5-9(4)15-18(16,17)11-10(7-13-14-11)6-12-8(2)3/h7-9,12,15H,5-6H2,1-4H3,(H,13,14). The highest BCUT2D eigenvalue weighted by atomic mass is 32.2. The van der Waals surface area contributed by atoms with Gasteiger partial charge in [-0.1, -0.05) is 20.8 Å². The molecular weight excluding hydrogens is 252 g/mol. The summed E-state index contributed by atoms with van der Waals surface area (Å²) < 4.78 is 26.8. The molecule has 1 unspecified atom stereocenters. The van der Waals surface area contributed by atoms with Crippen LogP contribution in [-0.2, 0) is 16.6 Å². The van der Waals surface area contributed by atoms with Gasteiger partial charge in [-0.25, -0.2) is 13.1 Å². The number of H-pyrrole nitrogens is 1. The Morgan fingerprint density at radius 3 is 2.61 bits per heavy atom. The van der Waals surface area contributed by atoms with E-state index in [-0.39, 0.29) is 17.1 Å². The number of aromatic amines is 1. The topological polar surface area (TPSA) is 86.9 Å². The average molecular weight is 274 g/mol. The molecule has 1 atom stereocenters. The minimum Gasteiger partial charge on any atom is -0.310 e. The Morgan fingerprint density at radius 2 is 2.06 bits per heavy atom. The summed E-state index contributed by atoms with van der Waals surface area (Å²) >= 11 is 0. The maximum Gasteiger partial charge on any atom is 0.258 e. The molecule has 0 bridgehead atoms. The summed E-state index contributed by atoms with van der Waals surface area (Å²) in [5.41, 5.74) is 0.652. The Bertz CT molecular complexity index is 467. The minimum absolute atomic E-state index is 0.0933. The lowest BCUT2D eigenvalue weighted by Crippen LogP contribution is -2.33. The maximum atomic E-state index is 12.1. The van der Waals surface area contributed by atoms with Gasteiger partial charge in [0.2, 0.25) is 0 Å². The van der Waals surface area contributed by atoms with E-state index in [4.69, 9.17) is 0 Å². The van der Waals surface area contributed by atoms with Crippen molar-refractivity contribution in [2.24, 2.45) is 0 Å². The summed E-state index contributed by atoms with van der Waals surface area (Å²) in [4.78, 5) is 0. The number of nitrogens with zero attached hydrogens (tertiary/aromatic N) is 1. The number of nitrogens with one attached hydrogen (secondary N) is 3. The van der Waals surface area contributed by atoms with Crippen molar-refractivity contribution in [1.82, 2.24) is 20.2 Å².